The molecule has 3 rings (SSSR count). The summed E-state index contributed by atoms with van der Waals surface area (Å²) in [5, 5.41) is 13.9. The highest BCUT2D eigenvalue weighted by Crippen LogP contribution is 2.21. The van der Waals surface area contributed by atoms with Crippen molar-refractivity contribution in [2.24, 2.45) is 4.99 Å². The zero-order valence-electron chi connectivity index (χ0n) is 18.0. The predicted octanol–water partition coefficient (Wildman–Crippen LogP) is 2.52. The highest BCUT2D eigenvalue weighted by molar-refractivity contribution is 5.80. The Kier molecular flexibility index (Phi) is 7.79. The van der Waals surface area contributed by atoms with Crippen molar-refractivity contribution in [2.45, 2.75) is 13.0 Å². The van der Waals surface area contributed by atoms with Crippen LogP contribution < -0.4 is 19.7 Å². The summed E-state index contributed by atoms with van der Waals surface area (Å²) in [5.41, 5.74) is 2.03. The number of aliphatic imine (C=N–C) groups is 1. The number of piperazine rings is 1. The molecule has 1 aliphatic heterocycles. The maximum absolute atomic E-state index is 10.5. The molecule has 0 bridgehead atoms. The summed E-state index contributed by atoms with van der Waals surface area (Å²) < 4.78 is 10.4. The van der Waals surface area contributed by atoms with Gasteiger partial charge in [0.15, 0.2) is 5.96 Å². The van der Waals surface area contributed by atoms with Crippen LogP contribution in [0, 0.1) is 0 Å². The largest absolute Gasteiger partial charge is 0.497 e. The lowest BCUT2D eigenvalue weighted by atomic mass is 10.1. The molecule has 0 aromatic heterocycles. The molecule has 1 saturated heterocycles. The summed E-state index contributed by atoms with van der Waals surface area (Å²) in [6.07, 6.45) is -0.648. The maximum Gasteiger partial charge on any atom is 0.194 e. The average Bonchev–Trinajstić information content (AvgIpc) is 2.82. The number of benzene rings is 2. The number of guanidine groups is 1. The fraction of sp³-hybridized carbons (Fsp3) is 0.435. The first-order chi connectivity index (χ1) is 14.6. The Morgan fingerprint density at radius 1 is 0.967 bits per heavy atom. The van der Waals surface area contributed by atoms with Gasteiger partial charge in [-0.15, -0.1) is 0 Å². The third-order valence-corrected chi connectivity index (χ3v) is 5.27. The van der Waals surface area contributed by atoms with Crippen molar-refractivity contribution in [1.82, 2.24) is 10.2 Å². The number of hydrogen-bond donors (Lipinski definition) is 2. The minimum absolute atomic E-state index is 0.313. The van der Waals surface area contributed by atoms with Crippen LogP contribution in [0.4, 0.5) is 5.69 Å². The Bertz CT molecular complexity index is 800. The van der Waals surface area contributed by atoms with Gasteiger partial charge in [-0.25, -0.2) is 0 Å². The molecule has 1 heterocycles. The molecule has 7 nitrogen and oxygen atoms in total. The van der Waals surface area contributed by atoms with Crippen LogP contribution in [0.3, 0.4) is 0 Å². The van der Waals surface area contributed by atoms with Gasteiger partial charge in [-0.1, -0.05) is 12.1 Å². The number of nitrogens with one attached hydrogen (secondary N) is 1. The number of rotatable bonds is 7. The third kappa shape index (κ3) is 5.57. The van der Waals surface area contributed by atoms with Crippen LogP contribution in [-0.4, -0.2) is 69.5 Å². The van der Waals surface area contributed by atoms with E-state index in [9.17, 15) is 5.11 Å². The van der Waals surface area contributed by atoms with E-state index >= 15 is 0 Å². The first kappa shape index (κ1) is 21.8. The summed E-state index contributed by atoms with van der Waals surface area (Å²) in [4.78, 5) is 9.31. The summed E-state index contributed by atoms with van der Waals surface area (Å²) in [7, 11) is 3.31. The summed E-state index contributed by atoms with van der Waals surface area (Å²) in [5.74, 6) is 2.49. The molecule has 0 saturated carbocycles. The molecule has 2 aromatic carbocycles. The topological polar surface area (TPSA) is 69.6 Å². The minimum Gasteiger partial charge on any atom is -0.497 e. The van der Waals surface area contributed by atoms with Crippen molar-refractivity contribution < 1.29 is 14.6 Å². The molecule has 1 atom stereocenters. The van der Waals surface area contributed by atoms with Crippen LogP contribution in [0.5, 0.6) is 11.5 Å². The van der Waals surface area contributed by atoms with Gasteiger partial charge in [0, 0.05) is 38.4 Å². The van der Waals surface area contributed by atoms with Crippen LogP contribution in [-0.2, 0) is 0 Å². The van der Waals surface area contributed by atoms with E-state index in [1.807, 2.05) is 36.4 Å². The van der Waals surface area contributed by atoms with Gasteiger partial charge < -0.3 is 29.7 Å². The molecular weight excluding hydrogens is 380 g/mol. The Hall–Kier alpha value is -2.93. The number of aliphatic hydroxyl groups is 1. The highest BCUT2D eigenvalue weighted by Gasteiger charge is 2.20. The average molecular weight is 413 g/mol. The lowest BCUT2D eigenvalue weighted by Crippen LogP contribution is -2.52. The van der Waals surface area contributed by atoms with Gasteiger partial charge in [0.1, 0.15) is 11.5 Å². The summed E-state index contributed by atoms with van der Waals surface area (Å²) in [6, 6.07) is 15.6. The molecule has 0 aliphatic carbocycles. The van der Waals surface area contributed by atoms with Gasteiger partial charge in [0.25, 0.3) is 0 Å². The fourth-order valence-electron chi connectivity index (χ4n) is 3.50. The van der Waals surface area contributed by atoms with Gasteiger partial charge in [-0.2, -0.15) is 0 Å². The maximum atomic E-state index is 10.5. The van der Waals surface area contributed by atoms with Gasteiger partial charge in [0.05, 0.1) is 26.9 Å². The van der Waals surface area contributed by atoms with Crippen molar-refractivity contribution in [2.75, 3.05) is 58.4 Å². The van der Waals surface area contributed by atoms with E-state index in [-0.39, 0.29) is 0 Å². The zero-order chi connectivity index (χ0) is 21.3. The minimum atomic E-state index is -0.648. The predicted molar refractivity (Wildman–Crippen MR) is 121 cm³/mol. The second kappa shape index (κ2) is 10.7. The van der Waals surface area contributed by atoms with Crippen LogP contribution in [0.1, 0.15) is 18.6 Å². The number of methoxy groups -OCH3 is 2. The number of aliphatic hydroxyl groups excluding tert-OH is 1. The van der Waals surface area contributed by atoms with Gasteiger partial charge in [-0.3, -0.25) is 4.99 Å². The molecule has 0 spiro atoms. The quantitative estimate of drug-likeness (QED) is 0.538. The first-order valence-corrected chi connectivity index (χ1v) is 10.4. The van der Waals surface area contributed by atoms with Crippen molar-refractivity contribution in [3.63, 3.8) is 0 Å². The molecule has 162 valence electrons. The SMILES string of the molecule is CCNC(=NCC(O)c1ccc(OC)cc1)N1CCN(c2ccc(OC)cc2)CC1. The van der Waals surface area contributed by atoms with Crippen molar-refractivity contribution in [3.05, 3.63) is 54.1 Å². The zero-order valence-corrected chi connectivity index (χ0v) is 18.0. The smallest absolute Gasteiger partial charge is 0.194 e. The van der Waals surface area contributed by atoms with E-state index in [0.717, 1.165) is 55.7 Å². The molecule has 0 amide bonds. The van der Waals surface area contributed by atoms with Gasteiger partial charge in [0.2, 0.25) is 0 Å². The van der Waals surface area contributed by atoms with E-state index in [1.54, 1.807) is 14.2 Å². The van der Waals surface area contributed by atoms with E-state index in [2.05, 4.69) is 34.2 Å². The molecule has 2 N–H and O–H groups in total. The monoisotopic (exact) mass is 412 g/mol. The van der Waals surface area contributed by atoms with E-state index in [4.69, 9.17) is 14.5 Å². The highest BCUT2D eigenvalue weighted by atomic mass is 16.5. The fourth-order valence-corrected chi connectivity index (χ4v) is 3.50. The first-order valence-electron chi connectivity index (χ1n) is 10.4. The van der Waals surface area contributed by atoms with E-state index in [1.165, 1.54) is 5.69 Å². The van der Waals surface area contributed by atoms with Crippen LogP contribution in [0.2, 0.25) is 0 Å². The number of hydrogen-bond acceptors (Lipinski definition) is 5. The normalized spacial score (nSPS) is 15.7. The molecular formula is C23H32N4O3. The van der Waals surface area contributed by atoms with Gasteiger partial charge >= 0.3 is 0 Å². The van der Waals surface area contributed by atoms with Crippen molar-refractivity contribution in [1.29, 1.82) is 0 Å². The third-order valence-electron chi connectivity index (χ3n) is 5.27. The second-order valence-corrected chi connectivity index (χ2v) is 7.16. The molecule has 7 heteroatoms. The Morgan fingerprint density at radius 3 is 2.07 bits per heavy atom. The van der Waals surface area contributed by atoms with E-state index in [0.29, 0.717) is 6.54 Å². The second-order valence-electron chi connectivity index (χ2n) is 7.16. The number of ether oxygens (including phenoxy) is 2. The molecule has 1 fully saturated rings. The van der Waals surface area contributed by atoms with Crippen molar-refractivity contribution >= 4 is 11.6 Å². The molecule has 2 aromatic rings. The lowest BCUT2D eigenvalue weighted by molar-refractivity contribution is 0.186. The molecule has 1 aliphatic rings. The number of anilines is 1. The Morgan fingerprint density at radius 2 is 1.53 bits per heavy atom. The van der Waals surface area contributed by atoms with Crippen LogP contribution in [0.25, 0.3) is 0 Å². The van der Waals surface area contributed by atoms with Gasteiger partial charge in [-0.05, 0) is 48.9 Å². The standard InChI is InChI=1S/C23H32N4O3/c1-4-24-23(25-17-22(28)18-5-9-20(29-2)10-6-18)27-15-13-26(14-16-27)19-7-11-21(30-3)12-8-19/h5-12,22,28H,4,13-17H2,1-3H3,(H,24,25). The van der Waals surface area contributed by atoms with Crippen LogP contribution in [0.15, 0.2) is 53.5 Å². The van der Waals surface area contributed by atoms with Crippen LogP contribution >= 0.6 is 0 Å². The summed E-state index contributed by atoms with van der Waals surface area (Å²) in [6.45, 7) is 6.73. The summed E-state index contributed by atoms with van der Waals surface area (Å²) >= 11 is 0. The molecule has 30 heavy (non-hydrogen) atoms. The number of nitrogens with zero attached hydrogens (tertiary/aromatic N) is 3. The van der Waals surface area contributed by atoms with Crippen molar-refractivity contribution in [3.8, 4) is 11.5 Å². The van der Waals surface area contributed by atoms with E-state index < -0.39 is 6.10 Å². The molecule has 1 unspecified atom stereocenters. The Labute approximate surface area is 178 Å². The lowest BCUT2D eigenvalue weighted by Gasteiger charge is -2.37. The molecule has 0 radical (unpaired) electrons. The Balaban J connectivity index is 1.58.